The van der Waals surface area contributed by atoms with Gasteiger partial charge in [0.15, 0.2) is 6.61 Å². The van der Waals surface area contributed by atoms with Crippen LogP contribution in [0.5, 0.6) is 0 Å². The minimum absolute atomic E-state index is 0.338. The second kappa shape index (κ2) is 8.46. The Morgan fingerprint density at radius 3 is 2.61 bits per heavy atom. The number of anilines is 1. The fourth-order valence-electron chi connectivity index (χ4n) is 3.91. The van der Waals surface area contributed by atoms with E-state index in [-0.39, 0.29) is 6.61 Å². The van der Waals surface area contributed by atoms with Crippen molar-refractivity contribution in [2.45, 2.75) is 57.8 Å². The van der Waals surface area contributed by atoms with Crippen molar-refractivity contribution in [3.05, 3.63) is 37.4 Å². The van der Waals surface area contributed by atoms with Crippen LogP contribution in [0.4, 0.5) is 5.00 Å². The van der Waals surface area contributed by atoms with Crippen molar-refractivity contribution < 1.29 is 14.3 Å². The standard InChI is InChI=1S/C21H22N2O3S2/c22-11-15-14-7-2-1-3-9-17(14)28-20(15)23-19(24)12-26-21(25)18-10-13-6-4-5-8-16(13)27-18/h10H,1-9,12H2,(H,23,24). The summed E-state index contributed by atoms with van der Waals surface area (Å²) in [5.74, 6) is -0.848. The van der Waals surface area contributed by atoms with Gasteiger partial charge in [0.25, 0.3) is 5.91 Å². The van der Waals surface area contributed by atoms with Crippen LogP contribution in [0.3, 0.4) is 0 Å². The van der Waals surface area contributed by atoms with Gasteiger partial charge in [-0.3, -0.25) is 4.79 Å². The van der Waals surface area contributed by atoms with Gasteiger partial charge in [0.2, 0.25) is 0 Å². The monoisotopic (exact) mass is 414 g/mol. The summed E-state index contributed by atoms with van der Waals surface area (Å²) in [6, 6.07) is 4.15. The van der Waals surface area contributed by atoms with E-state index in [0.29, 0.717) is 15.4 Å². The number of nitriles is 1. The normalized spacial score (nSPS) is 15.7. The first-order chi connectivity index (χ1) is 13.7. The van der Waals surface area contributed by atoms with Gasteiger partial charge in [-0.05, 0) is 68.6 Å². The highest BCUT2D eigenvalue weighted by Gasteiger charge is 2.22. The second-order valence-corrected chi connectivity index (χ2v) is 9.51. The minimum Gasteiger partial charge on any atom is -0.451 e. The smallest absolute Gasteiger partial charge is 0.348 e. The number of amides is 1. The predicted octanol–water partition coefficient (Wildman–Crippen LogP) is 4.62. The van der Waals surface area contributed by atoms with Gasteiger partial charge >= 0.3 is 5.97 Å². The van der Waals surface area contributed by atoms with Gasteiger partial charge in [0, 0.05) is 9.75 Å². The molecule has 1 amide bonds. The number of rotatable bonds is 4. The molecular formula is C21H22N2O3S2. The predicted molar refractivity (Wildman–Crippen MR) is 110 cm³/mol. The van der Waals surface area contributed by atoms with Crippen LogP contribution in [0.1, 0.15) is 68.2 Å². The molecule has 5 nitrogen and oxygen atoms in total. The Morgan fingerprint density at radius 1 is 1.04 bits per heavy atom. The molecule has 0 atom stereocenters. The molecule has 0 saturated heterocycles. The fourth-order valence-corrected chi connectivity index (χ4v) is 6.31. The minimum atomic E-state index is -0.447. The fraction of sp³-hybridized carbons (Fsp3) is 0.476. The molecule has 28 heavy (non-hydrogen) atoms. The summed E-state index contributed by atoms with van der Waals surface area (Å²) >= 11 is 2.96. The number of nitrogens with one attached hydrogen (secondary N) is 1. The maximum absolute atomic E-state index is 12.3. The van der Waals surface area contributed by atoms with Crippen LogP contribution in [-0.4, -0.2) is 18.5 Å². The van der Waals surface area contributed by atoms with Crippen LogP contribution in [0.15, 0.2) is 6.07 Å². The lowest BCUT2D eigenvalue weighted by atomic mass is 9.99. The Morgan fingerprint density at radius 2 is 1.79 bits per heavy atom. The molecule has 2 aliphatic carbocycles. The molecule has 0 radical (unpaired) electrons. The molecular weight excluding hydrogens is 392 g/mol. The van der Waals surface area contributed by atoms with Gasteiger partial charge in [-0.1, -0.05) is 6.42 Å². The first kappa shape index (κ1) is 19.2. The van der Waals surface area contributed by atoms with Crippen molar-refractivity contribution in [2.75, 3.05) is 11.9 Å². The second-order valence-electron chi connectivity index (χ2n) is 7.27. The summed E-state index contributed by atoms with van der Waals surface area (Å²) in [7, 11) is 0. The van der Waals surface area contributed by atoms with Crippen molar-refractivity contribution in [1.29, 1.82) is 5.26 Å². The van der Waals surface area contributed by atoms with Crippen molar-refractivity contribution in [3.63, 3.8) is 0 Å². The number of aryl methyl sites for hydroxylation is 3. The van der Waals surface area contributed by atoms with Crippen molar-refractivity contribution in [1.82, 2.24) is 0 Å². The number of nitrogens with zero attached hydrogens (tertiary/aromatic N) is 1. The number of thiophene rings is 2. The van der Waals surface area contributed by atoms with Crippen molar-refractivity contribution >= 4 is 39.6 Å². The highest BCUT2D eigenvalue weighted by atomic mass is 32.1. The van der Waals surface area contributed by atoms with E-state index in [1.165, 1.54) is 44.4 Å². The van der Waals surface area contributed by atoms with Crippen LogP contribution in [0.25, 0.3) is 0 Å². The Kier molecular flexibility index (Phi) is 5.79. The number of fused-ring (bicyclic) bond motifs is 2. The topological polar surface area (TPSA) is 79.2 Å². The zero-order valence-electron chi connectivity index (χ0n) is 15.6. The van der Waals surface area contributed by atoms with Crippen LogP contribution in [0, 0.1) is 11.3 Å². The number of ether oxygens (including phenoxy) is 1. The van der Waals surface area contributed by atoms with Crippen molar-refractivity contribution in [2.24, 2.45) is 0 Å². The van der Waals surface area contributed by atoms with Gasteiger partial charge in [0.1, 0.15) is 15.9 Å². The summed E-state index contributed by atoms with van der Waals surface area (Å²) in [6.07, 6.45) is 9.58. The van der Waals surface area contributed by atoms with Gasteiger partial charge < -0.3 is 10.1 Å². The first-order valence-corrected chi connectivity index (χ1v) is 11.4. The third-order valence-corrected chi connectivity index (χ3v) is 7.74. The zero-order valence-corrected chi connectivity index (χ0v) is 17.3. The SMILES string of the molecule is N#Cc1c(NC(=O)COC(=O)c2cc3c(s2)CCCC3)sc2c1CCCCC2. The Hall–Kier alpha value is -2.17. The summed E-state index contributed by atoms with van der Waals surface area (Å²) in [6.45, 7) is -0.338. The van der Waals surface area contributed by atoms with E-state index in [2.05, 4.69) is 11.4 Å². The van der Waals surface area contributed by atoms with E-state index in [1.807, 2.05) is 6.07 Å². The lowest BCUT2D eigenvalue weighted by Crippen LogP contribution is -2.20. The molecule has 2 aromatic rings. The maximum atomic E-state index is 12.3. The average Bonchev–Trinajstić information content (AvgIpc) is 3.19. The Balaban J connectivity index is 1.38. The van der Waals surface area contributed by atoms with Crippen LogP contribution in [0.2, 0.25) is 0 Å². The lowest BCUT2D eigenvalue weighted by molar-refractivity contribution is -0.119. The average molecular weight is 415 g/mol. The molecule has 0 aromatic carbocycles. The summed E-state index contributed by atoms with van der Waals surface area (Å²) in [4.78, 5) is 27.6. The van der Waals surface area contributed by atoms with Crippen LogP contribution >= 0.6 is 22.7 Å². The van der Waals surface area contributed by atoms with Gasteiger partial charge in [-0.2, -0.15) is 5.26 Å². The number of hydrogen-bond donors (Lipinski definition) is 1. The number of hydrogen-bond acceptors (Lipinski definition) is 6. The molecule has 0 fully saturated rings. The number of carbonyl (C=O) groups is 2. The molecule has 0 bridgehead atoms. The Bertz CT molecular complexity index is 928. The molecule has 0 aliphatic heterocycles. The molecule has 0 saturated carbocycles. The molecule has 4 rings (SSSR count). The number of esters is 1. The lowest BCUT2D eigenvalue weighted by Gasteiger charge is -2.08. The third kappa shape index (κ3) is 3.98. The number of carbonyl (C=O) groups excluding carboxylic acids is 2. The van der Waals surface area contributed by atoms with Gasteiger partial charge in [-0.25, -0.2) is 4.79 Å². The first-order valence-electron chi connectivity index (χ1n) is 9.79. The molecule has 0 spiro atoms. The molecule has 0 unspecified atom stereocenters. The van der Waals surface area contributed by atoms with E-state index >= 15 is 0 Å². The van der Waals surface area contributed by atoms with Crippen LogP contribution < -0.4 is 5.32 Å². The molecule has 2 heterocycles. The van der Waals surface area contributed by atoms with E-state index in [4.69, 9.17) is 4.74 Å². The molecule has 1 N–H and O–H groups in total. The van der Waals surface area contributed by atoms with Gasteiger partial charge in [-0.15, -0.1) is 22.7 Å². The molecule has 146 valence electrons. The quantitative estimate of drug-likeness (QED) is 0.585. The van der Waals surface area contributed by atoms with E-state index in [9.17, 15) is 14.9 Å². The maximum Gasteiger partial charge on any atom is 0.348 e. The summed E-state index contributed by atoms with van der Waals surface area (Å²) < 4.78 is 5.22. The summed E-state index contributed by atoms with van der Waals surface area (Å²) in [5, 5.41) is 12.9. The molecule has 2 aliphatic rings. The molecule has 7 heteroatoms. The third-order valence-electron chi connectivity index (χ3n) is 5.32. The summed E-state index contributed by atoms with van der Waals surface area (Å²) in [5.41, 5.74) is 2.90. The van der Waals surface area contributed by atoms with E-state index in [1.54, 1.807) is 0 Å². The highest BCUT2D eigenvalue weighted by Crippen LogP contribution is 2.37. The van der Waals surface area contributed by atoms with E-state index in [0.717, 1.165) is 56.9 Å². The van der Waals surface area contributed by atoms with E-state index < -0.39 is 11.9 Å². The largest absolute Gasteiger partial charge is 0.451 e. The van der Waals surface area contributed by atoms with Crippen molar-refractivity contribution in [3.8, 4) is 6.07 Å². The van der Waals surface area contributed by atoms with Crippen LogP contribution in [-0.2, 0) is 35.2 Å². The Labute approximate surface area is 172 Å². The van der Waals surface area contributed by atoms with Gasteiger partial charge in [0.05, 0.1) is 5.56 Å². The highest BCUT2D eigenvalue weighted by molar-refractivity contribution is 7.16. The molecule has 2 aromatic heterocycles. The zero-order chi connectivity index (χ0) is 19.5.